The van der Waals surface area contributed by atoms with E-state index < -0.39 is 11.8 Å². The summed E-state index contributed by atoms with van der Waals surface area (Å²) in [4.78, 5) is 56.3. The van der Waals surface area contributed by atoms with E-state index in [4.69, 9.17) is 25.7 Å². The summed E-state index contributed by atoms with van der Waals surface area (Å²) < 4.78 is 23.8. The Morgan fingerprint density at radius 3 is 1.82 bits per heavy atom. The summed E-state index contributed by atoms with van der Waals surface area (Å²) in [6, 6.07) is 4.05. The third kappa shape index (κ3) is 15.1. The van der Waals surface area contributed by atoms with E-state index in [1.54, 1.807) is 0 Å². The summed E-state index contributed by atoms with van der Waals surface area (Å²) in [6.45, 7) is 16.4. The Kier molecular flexibility index (Phi) is 23.8. The van der Waals surface area contributed by atoms with Crippen LogP contribution in [0.5, 0.6) is 0 Å². The number of esters is 3. The van der Waals surface area contributed by atoms with Crippen LogP contribution in [0.1, 0.15) is 156 Å². The number of rotatable bonds is 23. The highest BCUT2D eigenvalue weighted by molar-refractivity contribution is 14.1. The minimum atomic E-state index is -0.401. The maximum absolute atomic E-state index is 14.0. The summed E-state index contributed by atoms with van der Waals surface area (Å²) in [6.07, 6.45) is 17.5. The molecule has 73 heavy (non-hydrogen) atoms. The SMILES string of the molecule is CCC(Cc1c(I)cc(I)c(N)c1I)C(=O)OCCN(CCOC(=O)C(CC)Cc1c(I)cc(I)c(N)c1I)C(=O)CCC(=O)O[C@H]1CC[C@@]2(C)C(=CC[C@H]3[C@@H]4CC[C@H]([C@H](C)CCCC(C)C)[C@@]4(C)CC[C@@H]32)C1. The van der Waals surface area contributed by atoms with Gasteiger partial charge in [-0.1, -0.05) is 79.4 Å². The second-order valence-electron chi connectivity index (χ2n) is 22.6. The molecule has 0 spiro atoms. The lowest BCUT2D eigenvalue weighted by molar-refractivity contribution is -0.154. The molecule has 0 heterocycles. The fraction of sp³-hybridized carbons (Fsp3) is 0.684. The van der Waals surface area contributed by atoms with Gasteiger partial charge in [-0.2, -0.15) is 0 Å². The van der Waals surface area contributed by atoms with Gasteiger partial charge >= 0.3 is 17.9 Å². The molecule has 3 fully saturated rings. The van der Waals surface area contributed by atoms with Gasteiger partial charge in [0.05, 0.1) is 42.7 Å². The zero-order chi connectivity index (χ0) is 53.5. The van der Waals surface area contributed by atoms with Crippen LogP contribution in [-0.4, -0.2) is 61.1 Å². The second kappa shape index (κ2) is 28.0. The van der Waals surface area contributed by atoms with E-state index in [0.29, 0.717) is 48.4 Å². The topological polar surface area (TPSA) is 151 Å². The number of amides is 1. The molecule has 0 saturated heterocycles. The van der Waals surface area contributed by atoms with E-state index in [1.807, 2.05) is 26.0 Å². The van der Waals surface area contributed by atoms with Crippen molar-refractivity contribution < 1.29 is 33.4 Å². The lowest BCUT2D eigenvalue weighted by Gasteiger charge is -2.58. The number of hydrogen-bond acceptors (Lipinski definition) is 9. The van der Waals surface area contributed by atoms with Crippen LogP contribution < -0.4 is 11.5 Å². The van der Waals surface area contributed by atoms with Crippen molar-refractivity contribution in [3.63, 3.8) is 0 Å². The van der Waals surface area contributed by atoms with Gasteiger partial charge in [-0.25, -0.2) is 0 Å². The van der Waals surface area contributed by atoms with Crippen molar-refractivity contribution in [2.45, 2.75) is 164 Å². The number of benzene rings is 2. The molecule has 4 aliphatic rings. The maximum Gasteiger partial charge on any atom is 0.309 e. The molecule has 3 saturated carbocycles. The number of nitrogens with two attached hydrogens (primary N) is 2. The highest BCUT2D eigenvalue weighted by Crippen LogP contribution is 2.67. The van der Waals surface area contributed by atoms with Crippen molar-refractivity contribution in [1.29, 1.82) is 0 Å². The third-order valence-corrected chi connectivity index (χ3v) is 24.0. The standard InChI is InChI=1S/C57H79I6N3O7/c1-8-34(27-39-44(58)30-46(60)52(64)50(39)62)54(69)71-25-23-66(24-26-72-55(70)35(9-2)28-40-45(59)31-47(61)53(65)51(40)63)48(67)17-18-49(68)73-37-19-21-56(6)36(29-37)13-14-38-42-16-15-41(33(5)12-10-11-32(3)4)57(42,7)22-20-43(38)56/h13,30-35,37-38,41-43H,8-12,14-29,64-65H2,1-7H3/t33-,34?,35?,37+,38+,41-,42+,43+,56+,57-/m1/s1. The third-order valence-electron chi connectivity index (χ3n) is 17.8. The number of nitrogens with zero attached hydrogens (tertiary/aromatic N) is 1. The number of halogens is 6. The van der Waals surface area contributed by atoms with E-state index in [0.717, 1.165) is 87.8 Å². The van der Waals surface area contributed by atoms with Gasteiger partial charge in [0, 0.05) is 34.3 Å². The Labute approximate surface area is 518 Å². The predicted octanol–water partition coefficient (Wildman–Crippen LogP) is 15.0. The Morgan fingerprint density at radius 2 is 1.29 bits per heavy atom. The number of allylic oxidation sites excluding steroid dienone is 1. The van der Waals surface area contributed by atoms with Gasteiger partial charge in [0.15, 0.2) is 0 Å². The quantitative estimate of drug-likeness (QED) is 0.0364. The van der Waals surface area contributed by atoms with E-state index in [1.165, 1.54) is 55.4 Å². The molecule has 10 atom stereocenters. The predicted molar refractivity (Wildman–Crippen MR) is 344 cm³/mol. The molecule has 0 radical (unpaired) electrons. The van der Waals surface area contributed by atoms with Crippen LogP contribution in [0.3, 0.4) is 0 Å². The molecule has 16 heteroatoms. The second-order valence-corrected chi connectivity index (χ2v) is 29.4. The molecular formula is C57H79I6N3O7. The van der Waals surface area contributed by atoms with Crippen molar-refractivity contribution in [3.05, 3.63) is 56.3 Å². The van der Waals surface area contributed by atoms with E-state index >= 15 is 0 Å². The number of hydrogen-bond donors (Lipinski definition) is 2. The molecule has 2 aromatic rings. The minimum absolute atomic E-state index is 0.0406. The van der Waals surface area contributed by atoms with Crippen LogP contribution in [-0.2, 0) is 46.2 Å². The van der Waals surface area contributed by atoms with Crippen LogP contribution in [0.15, 0.2) is 23.8 Å². The summed E-state index contributed by atoms with van der Waals surface area (Å²) in [5.74, 6) is 2.44. The largest absolute Gasteiger partial charge is 0.464 e. The van der Waals surface area contributed by atoms with Gasteiger partial charge in [0.1, 0.15) is 19.3 Å². The van der Waals surface area contributed by atoms with Crippen LogP contribution in [0.25, 0.3) is 0 Å². The maximum atomic E-state index is 14.0. The number of carbonyl (C=O) groups is 4. The first-order chi connectivity index (χ1) is 34.5. The fourth-order valence-electron chi connectivity index (χ4n) is 13.4. The van der Waals surface area contributed by atoms with Gasteiger partial charge in [-0.15, -0.1) is 0 Å². The van der Waals surface area contributed by atoms with E-state index in [2.05, 4.69) is 176 Å². The lowest BCUT2D eigenvalue weighted by Crippen LogP contribution is -2.51. The first-order valence-electron chi connectivity index (χ1n) is 26.9. The highest BCUT2D eigenvalue weighted by atomic mass is 127. The fourth-order valence-corrected chi connectivity index (χ4v) is 21.0. The summed E-state index contributed by atoms with van der Waals surface area (Å²) in [5, 5.41) is 0. The Balaban J connectivity index is 1.05. The van der Waals surface area contributed by atoms with Crippen molar-refractivity contribution in [1.82, 2.24) is 4.90 Å². The van der Waals surface area contributed by atoms with E-state index in [-0.39, 0.29) is 74.5 Å². The molecule has 0 aliphatic heterocycles. The van der Waals surface area contributed by atoms with Crippen molar-refractivity contribution >= 4 is 171 Å². The van der Waals surface area contributed by atoms with Crippen LogP contribution >= 0.6 is 136 Å². The van der Waals surface area contributed by atoms with Gasteiger partial charge in [-0.3, -0.25) is 19.2 Å². The summed E-state index contributed by atoms with van der Waals surface area (Å²) in [7, 11) is 0. The minimum Gasteiger partial charge on any atom is -0.464 e. The van der Waals surface area contributed by atoms with Crippen LogP contribution in [0.4, 0.5) is 11.4 Å². The smallest absolute Gasteiger partial charge is 0.309 e. The van der Waals surface area contributed by atoms with Gasteiger partial charge in [0.2, 0.25) is 5.91 Å². The Hall–Kier alpha value is 0.0400. The molecule has 2 aromatic carbocycles. The number of carbonyl (C=O) groups excluding carboxylic acids is 4. The molecule has 1 amide bonds. The number of ether oxygens (including phenoxy) is 3. The molecule has 406 valence electrons. The van der Waals surface area contributed by atoms with Crippen molar-refractivity contribution in [3.8, 4) is 0 Å². The Bertz CT molecular complexity index is 2260. The molecular weight excluding hydrogens is 1600 g/mol. The van der Waals surface area contributed by atoms with E-state index in [9.17, 15) is 19.2 Å². The average Bonchev–Trinajstić information content (AvgIpc) is 3.71. The van der Waals surface area contributed by atoms with Gasteiger partial charge in [-0.05, 0) is 276 Å². The number of anilines is 2. The zero-order valence-corrected chi connectivity index (χ0v) is 56.9. The highest BCUT2D eigenvalue weighted by Gasteiger charge is 2.59. The molecule has 0 aromatic heterocycles. The molecule has 10 nitrogen and oxygen atoms in total. The summed E-state index contributed by atoms with van der Waals surface area (Å²) >= 11 is 13.5. The Morgan fingerprint density at radius 1 is 0.726 bits per heavy atom. The van der Waals surface area contributed by atoms with Crippen LogP contribution in [0.2, 0.25) is 0 Å². The van der Waals surface area contributed by atoms with Crippen molar-refractivity contribution in [2.24, 2.45) is 58.2 Å². The molecule has 6 rings (SSSR count). The monoisotopic (exact) mass is 1680 g/mol. The van der Waals surface area contributed by atoms with Crippen molar-refractivity contribution in [2.75, 3.05) is 37.8 Å². The summed E-state index contributed by atoms with van der Waals surface area (Å²) in [5.41, 5.74) is 18.2. The van der Waals surface area contributed by atoms with Crippen LogP contribution in [0, 0.1) is 79.6 Å². The molecule has 2 unspecified atom stereocenters. The van der Waals surface area contributed by atoms with Gasteiger partial charge in [0.25, 0.3) is 0 Å². The molecule has 4 N–H and O–H groups in total. The molecule has 0 bridgehead atoms. The molecule has 4 aliphatic carbocycles. The number of fused-ring (bicyclic) bond motifs is 5. The zero-order valence-electron chi connectivity index (χ0n) is 44.0. The number of nitrogen functional groups attached to an aromatic ring is 2. The average molecular weight is 1680 g/mol. The first kappa shape index (κ1) is 62.2. The normalized spacial score (nSPS) is 25.7. The first-order valence-corrected chi connectivity index (χ1v) is 33.3. The lowest BCUT2D eigenvalue weighted by atomic mass is 9.47. The van der Waals surface area contributed by atoms with Gasteiger partial charge < -0.3 is 30.6 Å².